The Balaban J connectivity index is 1.11. The summed E-state index contributed by atoms with van der Waals surface area (Å²) >= 11 is 0. The lowest BCUT2D eigenvalue weighted by atomic mass is 9.91. The van der Waals surface area contributed by atoms with E-state index in [4.69, 9.17) is 0 Å². The molecule has 2 heterocycles. The van der Waals surface area contributed by atoms with Crippen molar-refractivity contribution in [2.75, 3.05) is 0 Å². The zero-order valence-corrected chi connectivity index (χ0v) is 35.0. The number of hydrogen-bond acceptors (Lipinski definition) is 0. The molecule has 1 nitrogen and oxygen atoms in total. The van der Waals surface area contributed by atoms with Gasteiger partial charge in [-0.2, -0.15) is 0 Å². The highest BCUT2D eigenvalue weighted by molar-refractivity contribution is 7.22. The average molecular weight is 802 g/mol. The van der Waals surface area contributed by atoms with E-state index in [-0.39, 0.29) is 0 Å². The van der Waals surface area contributed by atoms with Crippen molar-refractivity contribution in [3.05, 3.63) is 237 Å². The van der Waals surface area contributed by atoms with E-state index in [0.717, 1.165) is 0 Å². The van der Waals surface area contributed by atoms with Crippen LogP contribution in [0.2, 0.25) is 0 Å². The number of hydrogen-bond donors (Lipinski definition) is 0. The van der Waals surface area contributed by atoms with E-state index in [0.29, 0.717) is 0 Å². The first-order valence-electron chi connectivity index (χ1n) is 21.6. The van der Waals surface area contributed by atoms with Crippen LogP contribution >= 0.6 is 0 Å². The Morgan fingerprint density at radius 2 is 0.806 bits per heavy atom. The standard InChI is InChI=1S/C60H39NSi/c1-3-19-44(20-4-1)62(45-21-5-2-6-22-45)59-30-16-15-29-52(59)53-33-32-43(38-60(53)62)61-39-57(55-36-41-18-8-10-24-47(41)49-26-12-14-28-51(49)55)56-37-42(31-34-58(56)61)54-35-40-17-7-9-23-46(40)48-25-11-13-27-50(48)54/h1-39H. The zero-order valence-electron chi connectivity index (χ0n) is 34.0. The van der Waals surface area contributed by atoms with Gasteiger partial charge in [0, 0.05) is 22.8 Å². The molecular formula is C60H39NSi. The van der Waals surface area contributed by atoms with Crippen molar-refractivity contribution in [3.63, 3.8) is 0 Å². The van der Waals surface area contributed by atoms with Crippen molar-refractivity contribution in [2.45, 2.75) is 0 Å². The van der Waals surface area contributed by atoms with Gasteiger partial charge in [0.25, 0.3) is 0 Å². The van der Waals surface area contributed by atoms with Gasteiger partial charge in [-0.15, -0.1) is 0 Å². The highest BCUT2D eigenvalue weighted by Gasteiger charge is 2.48. The van der Waals surface area contributed by atoms with Gasteiger partial charge in [0.1, 0.15) is 0 Å². The highest BCUT2D eigenvalue weighted by atomic mass is 28.3. The summed E-state index contributed by atoms with van der Waals surface area (Å²) in [6.07, 6.45) is 2.42. The molecule has 12 aromatic rings. The van der Waals surface area contributed by atoms with Crippen LogP contribution in [0, 0.1) is 0 Å². The molecule has 0 radical (unpaired) electrons. The van der Waals surface area contributed by atoms with Crippen molar-refractivity contribution in [1.29, 1.82) is 0 Å². The number of aromatic nitrogens is 1. The van der Waals surface area contributed by atoms with Crippen LogP contribution in [-0.4, -0.2) is 12.6 Å². The van der Waals surface area contributed by atoms with Crippen molar-refractivity contribution in [3.8, 4) is 39.1 Å². The molecule has 0 aliphatic carbocycles. The Morgan fingerprint density at radius 3 is 1.47 bits per heavy atom. The van der Waals surface area contributed by atoms with E-state index in [1.165, 1.54) is 114 Å². The lowest BCUT2D eigenvalue weighted by Gasteiger charge is -2.31. The summed E-state index contributed by atoms with van der Waals surface area (Å²) in [5.74, 6) is 0. The van der Waals surface area contributed by atoms with Crippen LogP contribution in [0.25, 0.3) is 93.1 Å². The maximum Gasteiger partial charge on any atom is 0.180 e. The first-order valence-corrected chi connectivity index (χ1v) is 23.6. The van der Waals surface area contributed by atoms with Crippen LogP contribution in [0.4, 0.5) is 0 Å². The van der Waals surface area contributed by atoms with Gasteiger partial charge in [-0.1, -0.05) is 194 Å². The molecule has 1 aromatic heterocycles. The smallest absolute Gasteiger partial charge is 0.180 e. The predicted octanol–water partition coefficient (Wildman–Crippen LogP) is 12.9. The molecule has 288 valence electrons. The molecule has 13 rings (SSSR count). The van der Waals surface area contributed by atoms with Crippen LogP contribution < -0.4 is 20.7 Å². The summed E-state index contributed by atoms with van der Waals surface area (Å²) < 4.78 is 2.47. The van der Waals surface area contributed by atoms with Crippen LogP contribution in [-0.2, 0) is 0 Å². The summed E-state index contributed by atoms with van der Waals surface area (Å²) in [5, 5.41) is 17.1. The van der Waals surface area contributed by atoms with E-state index < -0.39 is 8.07 Å². The Morgan fingerprint density at radius 1 is 0.290 bits per heavy atom. The topological polar surface area (TPSA) is 4.93 Å². The largest absolute Gasteiger partial charge is 0.316 e. The molecular weight excluding hydrogens is 763 g/mol. The van der Waals surface area contributed by atoms with Gasteiger partial charge in [0.2, 0.25) is 0 Å². The van der Waals surface area contributed by atoms with E-state index in [1.807, 2.05) is 0 Å². The van der Waals surface area contributed by atoms with Gasteiger partial charge in [0.05, 0.1) is 5.52 Å². The van der Waals surface area contributed by atoms with Gasteiger partial charge in [-0.25, -0.2) is 0 Å². The minimum absolute atomic E-state index is 1.17. The molecule has 0 N–H and O–H groups in total. The number of fused-ring (bicyclic) bond motifs is 10. The third kappa shape index (κ3) is 5.02. The first kappa shape index (κ1) is 35.0. The molecule has 0 atom stereocenters. The van der Waals surface area contributed by atoms with E-state index in [1.54, 1.807) is 0 Å². The predicted molar refractivity (Wildman–Crippen MR) is 267 cm³/mol. The first-order chi connectivity index (χ1) is 30.8. The Bertz CT molecular complexity index is 3710. The molecule has 11 aromatic carbocycles. The Kier molecular flexibility index (Phi) is 7.69. The second-order valence-corrected chi connectivity index (χ2v) is 20.5. The van der Waals surface area contributed by atoms with Crippen molar-refractivity contribution in [2.24, 2.45) is 0 Å². The number of benzene rings is 11. The fraction of sp³-hybridized carbons (Fsp3) is 0. The molecule has 0 amide bonds. The van der Waals surface area contributed by atoms with Gasteiger partial charge in [0.15, 0.2) is 8.07 Å². The van der Waals surface area contributed by atoms with Crippen LogP contribution in [0.1, 0.15) is 0 Å². The molecule has 1 aliphatic rings. The molecule has 0 saturated heterocycles. The van der Waals surface area contributed by atoms with E-state index in [2.05, 4.69) is 241 Å². The second-order valence-electron chi connectivity index (χ2n) is 16.8. The SMILES string of the molecule is c1ccc([Si]2(c3ccccc3)c3ccccc3-c3ccc(-n4cc(-c5cc6ccccc6c6ccccc56)c5cc(-c6cc7ccccc7c7ccccc67)ccc54)cc32)cc1. The molecule has 0 fully saturated rings. The van der Waals surface area contributed by atoms with Crippen LogP contribution in [0.5, 0.6) is 0 Å². The molecule has 0 saturated carbocycles. The number of rotatable bonds is 5. The summed E-state index contributed by atoms with van der Waals surface area (Å²) in [7, 11) is -2.70. The lowest BCUT2D eigenvalue weighted by Crippen LogP contribution is -2.72. The number of nitrogens with zero attached hydrogens (tertiary/aromatic N) is 1. The maximum atomic E-state index is 2.54. The average Bonchev–Trinajstić information content (AvgIpc) is 3.87. The summed E-state index contributed by atoms with van der Waals surface area (Å²) in [6, 6.07) is 86.4. The van der Waals surface area contributed by atoms with Crippen molar-refractivity contribution in [1.82, 2.24) is 4.57 Å². The maximum absolute atomic E-state index is 2.70. The summed E-state index contributed by atoms with van der Waals surface area (Å²) in [6.45, 7) is 0. The Labute approximate surface area is 361 Å². The van der Waals surface area contributed by atoms with Crippen LogP contribution in [0.15, 0.2) is 237 Å². The summed E-state index contributed by atoms with van der Waals surface area (Å²) in [4.78, 5) is 0. The summed E-state index contributed by atoms with van der Waals surface area (Å²) in [5.41, 5.74) is 9.99. The van der Waals surface area contributed by atoms with E-state index in [9.17, 15) is 0 Å². The monoisotopic (exact) mass is 801 g/mol. The lowest BCUT2D eigenvalue weighted by molar-refractivity contribution is 1.13. The molecule has 1 aliphatic heterocycles. The minimum Gasteiger partial charge on any atom is -0.316 e. The second kappa shape index (κ2) is 13.6. The Hall–Kier alpha value is -7.78. The van der Waals surface area contributed by atoms with E-state index >= 15 is 0 Å². The van der Waals surface area contributed by atoms with Crippen LogP contribution in [0.3, 0.4) is 0 Å². The third-order valence-corrected chi connectivity index (χ3v) is 18.5. The van der Waals surface area contributed by atoms with Gasteiger partial charge >= 0.3 is 0 Å². The molecule has 62 heavy (non-hydrogen) atoms. The van der Waals surface area contributed by atoms with Gasteiger partial charge < -0.3 is 4.57 Å². The zero-order chi connectivity index (χ0) is 40.8. The molecule has 0 bridgehead atoms. The van der Waals surface area contributed by atoms with Gasteiger partial charge in [-0.3, -0.25) is 0 Å². The fourth-order valence-corrected chi connectivity index (χ4v) is 16.2. The molecule has 0 unspecified atom stereocenters. The highest BCUT2D eigenvalue weighted by Crippen LogP contribution is 2.43. The molecule has 2 heteroatoms. The molecule has 0 spiro atoms. The van der Waals surface area contributed by atoms with Crippen molar-refractivity contribution < 1.29 is 0 Å². The third-order valence-electron chi connectivity index (χ3n) is 13.7. The normalized spacial score (nSPS) is 13.0. The fourth-order valence-electron chi connectivity index (χ4n) is 11.0. The quantitative estimate of drug-likeness (QED) is 0.121. The minimum atomic E-state index is -2.70. The van der Waals surface area contributed by atoms with Crippen molar-refractivity contribution >= 4 is 82.8 Å². The van der Waals surface area contributed by atoms with Gasteiger partial charge in [-0.05, 0) is 128 Å².